The molecule has 0 aliphatic rings. The standard InChI is InChI=1S/C10H17N3/c1-5-9-7(2)8(11)6-10(12-9)13(3)4/h6H,5H2,1-4H3,(H2,11,12). The van der Waals surface area contributed by atoms with Gasteiger partial charge < -0.3 is 10.6 Å². The van der Waals surface area contributed by atoms with Gasteiger partial charge in [-0.15, -0.1) is 0 Å². The molecular formula is C10H17N3. The molecule has 0 saturated heterocycles. The first-order chi connectivity index (χ1) is 6.06. The smallest absolute Gasteiger partial charge is 0.130 e. The van der Waals surface area contributed by atoms with Crippen LogP contribution in [0.5, 0.6) is 0 Å². The number of pyridine rings is 1. The molecule has 0 unspecified atom stereocenters. The summed E-state index contributed by atoms with van der Waals surface area (Å²) < 4.78 is 0. The van der Waals surface area contributed by atoms with Gasteiger partial charge in [0.15, 0.2) is 0 Å². The molecule has 1 aromatic heterocycles. The van der Waals surface area contributed by atoms with E-state index < -0.39 is 0 Å². The summed E-state index contributed by atoms with van der Waals surface area (Å²) in [7, 11) is 3.94. The monoisotopic (exact) mass is 179 g/mol. The lowest BCUT2D eigenvalue weighted by molar-refractivity contribution is 0.973. The van der Waals surface area contributed by atoms with Gasteiger partial charge in [0.1, 0.15) is 5.82 Å². The van der Waals surface area contributed by atoms with E-state index in [1.54, 1.807) is 0 Å². The van der Waals surface area contributed by atoms with E-state index in [-0.39, 0.29) is 0 Å². The Morgan fingerprint density at radius 1 is 1.46 bits per heavy atom. The fourth-order valence-corrected chi connectivity index (χ4v) is 1.24. The van der Waals surface area contributed by atoms with Crippen LogP contribution in [0.3, 0.4) is 0 Å². The summed E-state index contributed by atoms with van der Waals surface area (Å²) in [6.07, 6.45) is 0.928. The number of hydrogen-bond donors (Lipinski definition) is 1. The van der Waals surface area contributed by atoms with Gasteiger partial charge in [-0.3, -0.25) is 0 Å². The SMILES string of the molecule is CCc1nc(N(C)C)cc(N)c1C. The van der Waals surface area contributed by atoms with E-state index in [2.05, 4.69) is 11.9 Å². The third-order valence-electron chi connectivity index (χ3n) is 2.19. The number of nitrogens with zero attached hydrogens (tertiary/aromatic N) is 2. The van der Waals surface area contributed by atoms with Gasteiger partial charge in [0.2, 0.25) is 0 Å². The van der Waals surface area contributed by atoms with Crippen molar-refractivity contribution >= 4 is 11.5 Å². The minimum atomic E-state index is 0.829. The maximum Gasteiger partial charge on any atom is 0.130 e. The molecule has 1 heterocycles. The minimum absolute atomic E-state index is 0.829. The molecule has 0 fully saturated rings. The average Bonchev–Trinajstić information content (AvgIpc) is 2.09. The lowest BCUT2D eigenvalue weighted by Crippen LogP contribution is -2.13. The summed E-state index contributed by atoms with van der Waals surface area (Å²) in [5.41, 5.74) is 8.89. The Morgan fingerprint density at radius 3 is 2.54 bits per heavy atom. The summed E-state index contributed by atoms with van der Waals surface area (Å²) in [5, 5.41) is 0. The maximum absolute atomic E-state index is 5.87. The molecule has 0 aliphatic heterocycles. The van der Waals surface area contributed by atoms with Crippen LogP contribution in [-0.2, 0) is 6.42 Å². The van der Waals surface area contributed by atoms with E-state index in [1.807, 2.05) is 32.0 Å². The molecule has 0 spiro atoms. The molecule has 0 radical (unpaired) electrons. The van der Waals surface area contributed by atoms with Gasteiger partial charge in [-0.05, 0) is 18.9 Å². The number of anilines is 2. The quantitative estimate of drug-likeness (QED) is 0.749. The van der Waals surface area contributed by atoms with E-state index >= 15 is 0 Å². The van der Waals surface area contributed by atoms with Gasteiger partial charge in [-0.25, -0.2) is 4.98 Å². The first-order valence-corrected chi connectivity index (χ1v) is 4.49. The molecule has 0 aliphatic carbocycles. The van der Waals surface area contributed by atoms with Crippen LogP contribution in [0, 0.1) is 6.92 Å². The van der Waals surface area contributed by atoms with Crippen molar-refractivity contribution in [3.8, 4) is 0 Å². The summed E-state index contributed by atoms with van der Waals surface area (Å²) in [6.45, 7) is 4.11. The van der Waals surface area contributed by atoms with Gasteiger partial charge >= 0.3 is 0 Å². The lowest BCUT2D eigenvalue weighted by atomic mass is 10.1. The number of hydrogen-bond acceptors (Lipinski definition) is 3. The van der Waals surface area contributed by atoms with Crippen LogP contribution in [-0.4, -0.2) is 19.1 Å². The van der Waals surface area contributed by atoms with Gasteiger partial charge in [-0.2, -0.15) is 0 Å². The van der Waals surface area contributed by atoms with Crippen LogP contribution < -0.4 is 10.6 Å². The highest BCUT2D eigenvalue weighted by molar-refractivity contribution is 5.56. The van der Waals surface area contributed by atoms with E-state index in [4.69, 9.17) is 5.73 Å². The molecule has 0 atom stereocenters. The molecular weight excluding hydrogens is 162 g/mol. The molecule has 3 nitrogen and oxygen atoms in total. The van der Waals surface area contributed by atoms with Gasteiger partial charge in [-0.1, -0.05) is 6.92 Å². The summed E-state index contributed by atoms with van der Waals surface area (Å²) >= 11 is 0. The second-order valence-corrected chi connectivity index (χ2v) is 3.39. The van der Waals surface area contributed by atoms with E-state index in [0.29, 0.717) is 0 Å². The second-order valence-electron chi connectivity index (χ2n) is 3.39. The van der Waals surface area contributed by atoms with Gasteiger partial charge in [0.25, 0.3) is 0 Å². The van der Waals surface area contributed by atoms with Crippen molar-refractivity contribution in [1.29, 1.82) is 0 Å². The van der Waals surface area contributed by atoms with Crippen LogP contribution in [0.4, 0.5) is 11.5 Å². The van der Waals surface area contributed by atoms with Gasteiger partial charge in [0, 0.05) is 31.5 Å². The van der Waals surface area contributed by atoms with E-state index in [9.17, 15) is 0 Å². The third-order valence-corrected chi connectivity index (χ3v) is 2.19. The highest BCUT2D eigenvalue weighted by Crippen LogP contribution is 2.20. The predicted octanol–water partition coefficient (Wildman–Crippen LogP) is 1.60. The Labute approximate surface area is 79.6 Å². The number of nitrogen functional groups attached to an aromatic ring is 1. The molecule has 13 heavy (non-hydrogen) atoms. The van der Waals surface area contributed by atoms with Crippen molar-refractivity contribution in [3.63, 3.8) is 0 Å². The van der Waals surface area contributed by atoms with Crippen LogP contribution in [0.2, 0.25) is 0 Å². The molecule has 72 valence electrons. The number of aryl methyl sites for hydroxylation is 1. The molecule has 1 rings (SSSR count). The normalized spacial score (nSPS) is 10.2. The van der Waals surface area contributed by atoms with Crippen LogP contribution in [0.15, 0.2) is 6.07 Å². The Kier molecular flexibility index (Phi) is 2.76. The van der Waals surface area contributed by atoms with Crippen molar-refractivity contribution in [2.24, 2.45) is 0 Å². The Morgan fingerprint density at radius 2 is 2.08 bits per heavy atom. The van der Waals surface area contributed by atoms with Crippen LogP contribution in [0.1, 0.15) is 18.2 Å². The fraction of sp³-hybridized carbons (Fsp3) is 0.500. The molecule has 0 bridgehead atoms. The maximum atomic E-state index is 5.87. The zero-order valence-electron chi connectivity index (χ0n) is 8.76. The van der Waals surface area contributed by atoms with Crippen molar-refractivity contribution < 1.29 is 0 Å². The minimum Gasteiger partial charge on any atom is -0.398 e. The summed E-state index contributed by atoms with van der Waals surface area (Å²) in [5.74, 6) is 0.931. The van der Waals surface area contributed by atoms with Crippen molar-refractivity contribution in [2.75, 3.05) is 24.7 Å². The molecule has 0 aromatic carbocycles. The Balaban J connectivity index is 3.22. The average molecular weight is 179 g/mol. The topological polar surface area (TPSA) is 42.2 Å². The van der Waals surface area contributed by atoms with Crippen molar-refractivity contribution in [1.82, 2.24) is 4.98 Å². The first kappa shape index (κ1) is 9.84. The zero-order chi connectivity index (χ0) is 10.0. The fourth-order valence-electron chi connectivity index (χ4n) is 1.24. The molecule has 1 aromatic rings. The van der Waals surface area contributed by atoms with Crippen LogP contribution >= 0.6 is 0 Å². The summed E-state index contributed by atoms with van der Waals surface area (Å²) in [6, 6.07) is 1.91. The van der Waals surface area contributed by atoms with Crippen LogP contribution in [0.25, 0.3) is 0 Å². The van der Waals surface area contributed by atoms with Crippen molar-refractivity contribution in [3.05, 3.63) is 17.3 Å². The molecule has 0 amide bonds. The van der Waals surface area contributed by atoms with Crippen molar-refractivity contribution in [2.45, 2.75) is 20.3 Å². The second kappa shape index (κ2) is 3.64. The zero-order valence-corrected chi connectivity index (χ0v) is 8.76. The highest BCUT2D eigenvalue weighted by Gasteiger charge is 2.05. The lowest BCUT2D eigenvalue weighted by Gasteiger charge is -2.15. The van der Waals surface area contributed by atoms with Gasteiger partial charge in [0.05, 0.1) is 0 Å². The molecule has 0 saturated carbocycles. The Bertz CT molecular complexity index is 305. The Hall–Kier alpha value is -1.25. The number of nitrogens with two attached hydrogens (primary N) is 1. The largest absolute Gasteiger partial charge is 0.398 e. The first-order valence-electron chi connectivity index (χ1n) is 4.49. The van der Waals surface area contributed by atoms with E-state index in [0.717, 1.165) is 29.2 Å². The van der Waals surface area contributed by atoms with E-state index in [1.165, 1.54) is 0 Å². The number of aromatic nitrogens is 1. The highest BCUT2D eigenvalue weighted by atomic mass is 15.1. The molecule has 3 heteroatoms. The predicted molar refractivity (Wildman–Crippen MR) is 57.1 cm³/mol. The third kappa shape index (κ3) is 1.91. The summed E-state index contributed by atoms with van der Waals surface area (Å²) in [4.78, 5) is 6.46. The number of rotatable bonds is 2. The molecule has 2 N–H and O–H groups in total.